The second-order valence-corrected chi connectivity index (χ2v) is 5.34. The van der Waals surface area contributed by atoms with Crippen LogP contribution in [-0.4, -0.2) is 19.8 Å². The Morgan fingerprint density at radius 2 is 2.28 bits per heavy atom. The fraction of sp³-hybridized carbons (Fsp3) is 0.333. The maximum atomic E-state index is 5.35. The molecule has 0 fully saturated rings. The molecule has 1 aromatic carbocycles. The summed E-state index contributed by atoms with van der Waals surface area (Å²) in [4.78, 5) is 1.37. The van der Waals surface area contributed by atoms with E-state index in [9.17, 15) is 0 Å². The lowest BCUT2D eigenvalue weighted by Crippen LogP contribution is -2.22. The lowest BCUT2D eigenvalue weighted by atomic mass is 10.2. The highest BCUT2D eigenvalue weighted by Crippen LogP contribution is 2.29. The number of ether oxygens (including phenoxy) is 1. The van der Waals surface area contributed by atoms with Gasteiger partial charge in [0.15, 0.2) is 0 Å². The monoisotopic (exact) mass is 261 g/mol. The summed E-state index contributed by atoms with van der Waals surface area (Å²) in [6, 6.07) is 11.1. The third kappa shape index (κ3) is 3.42. The highest BCUT2D eigenvalue weighted by atomic mass is 32.1. The minimum absolute atomic E-state index is 0.370. The predicted octanol–water partition coefficient (Wildman–Crippen LogP) is 3.75. The smallest absolute Gasteiger partial charge is 0.0645 e. The summed E-state index contributed by atoms with van der Waals surface area (Å²) in [5.41, 5.74) is 0. The van der Waals surface area contributed by atoms with Gasteiger partial charge in [-0.1, -0.05) is 24.3 Å². The molecule has 0 amide bonds. The standard InChI is InChI=1S/C15H19NOS/c1-3-9-17-10-8-16-12(2)15-11-13-6-4-5-7-14(13)18-15/h3-7,11-12,16H,1,8-10H2,2H3. The van der Waals surface area contributed by atoms with Crippen molar-refractivity contribution in [2.24, 2.45) is 0 Å². The lowest BCUT2D eigenvalue weighted by Gasteiger charge is -2.11. The van der Waals surface area contributed by atoms with Gasteiger partial charge >= 0.3 is 0 Å². The van der Waals surface area contributed by atoms with Crippen LogP contribution >= 0.6 is 11.3 Å². The molecule has 0 spiro atoms. The number of hydrogen-bond acceptors (Lipinski definition) is 3. The van der Waals surface area contributed by atoms with Crippen molar-refractivity contribution >= 4 is 21.4 Å². The Kier molecular flexibility index (Phi) is 4.93. The molecule has 0 bridgehead atoms. The Balaban J connectivity index is 1.88. The third-order valence-electron chi connectivity index (χ3n) is 2.80. The van der Waals surface area contributed by atoms with Gasteiger partial charge in [0.05, 0.1) is 13.2 Å². The van der Waals surface area contributed by atoms with Gasteiger partial charge in [-0.2, -0.15) is 0 Å². The number of rotatable bonds is 7. The highest BCUT2D eigenvalue weighted by molar-refractivity contribution is 7.19. The quantitative estimate of drug-likeness (QED) is 0.605. The van der Waals surface area contributed by atoms with Crippen molar-refractivity contribution in [3.8, 4) is 0 Å². The predicted molar refractivity (Wildman–Crippen MR) is 79.3 cm³/mol. The summed E-state index contributed by atoms with van der Waals surface area (Å²) < 4.78 is 6.70. The van der Waals surface area contributed by atoms with E-state index in [2.05, 4.69) is 49.2 Å². The minimum Gasteiger partial charge on any atom is -0.376 e. The van der Waals surface area contributed by atoms with Crippen molar-refractivity contribution in [3.05, 3.63) is 47.9 Å². The molecule has 3 heteroatoms. The SMILES string of the molecule is C=CCOCCNC(C)c1cc2ccccc2s1. The molecule has 1 atom stereocenters. The molecule has 0 saturated heterocycles. The van der Waals surface area contributed by atoms with Crippen LogP contribution in [0.15, 0.2) is 43.0 Å². The number of nitrogens with one attached hydrogen (secondary N) is 1. The average Bonchev–Trinajstić information content (AvgIpc) is 2.82. The molecule has 96 valence electrons. The Morgan fingerprint density at radius 1 is 1.44 bits per heavy atom. The van der Waals surface area contributed by atoms with Crippen LogP contribution in [-0.2, 0) is 4.74 Å². The van der Waals surface area contributed by atoms with Crippen LogP contribution in [0.4, 0.5) is 0 Å². The van der Waals surface area contributed by atoms with Gasteiger partial charge in [-0.3, -0.25) is 0 Å². The molecular formula is C15H19NOS. The molecule has 0 aliphatic heterocycles. The largest absolute Gasteiger partial charge is 0.376 e. The molecule has 1 unspecified atom stereocenters. The Morgan fingerprint density at radius 3 is 3.06 bits per heavy atom. The van der Waals surface area contributed by atoms with E-state index in [1.807, 2.05) is 11.3 Å². The number of fused-ring (bicyclic) bond motifs is 1. The highest BCUT2D eigenvalue weighted by Gasteiger charge is 2.08. The number of benzene rings is 1. The second kappa shape index (κ2) is 6.69. The van der Waals surface area contributed by atoms with Gasteiger partial charge < -0.3 is 10.1 Å². The zero-order valence-corrected chi connectivity index (χ0v) is 11.5. The van der Waals surface area contributed by atoms with Crippen molar-refractivity contribution in [3.63, 3.8) is 0 Å². The van der Waals surface area contributed by atoms with Gasteiger partial charge in [0.25, 0.3) is 0 Å². The summed E-state index contributed by atoms with van der Waals surface area (Å²) in [6.45, 7) is 8.03. The molecule has 0 aliphatic carbocycles. The Labute approximate surface area is 112 Å². The van der Waals surface area contributed by atoms with E-state index in [-0.39, 0.29) is 0 Å². The van der Waals surface area contributed by atoms with Crippen LogP contribution in [0, 0.1) is 0 Å². The van der Waals surface area contributed by atoms with Crippen LogP contribution in [0.25, 0.3) is 10.1 Å². The fourth-order valence-corrected chi connectivity index (χ4v) is 2.92. The molecule has 2 nitrogen and oxygen atoms in total. The van der Waals surface area contributed by atoms with Crippen LogP contribution in [0.2, 0.25) is 0 Å². The number of hydrogen-bond donors (Lipinski definition) is 1. The van der Waals surface area contributed by atoms with Crippen molar-refractivity contribution < 1.29 is 4.74 Å². The van der Waals surface area contributed by atoms with Crippen molar-refractivity contribution in [1.82, 2.24) is 5.32 Å². The zero-order valence-electron chi connectivity index (χ0n) is 10.7. The van der Waals surface area contributed by atoms with Crippen LogP contribution < -0.4 is 5.32 Å². The van der Waals surface area contributed by atoms with Crippen LogP contribution in [0.3, 0.4) is 0 Å². The van der Waals surface area contributed by atoms with Crippen LogP contribution in [0.1, 0.15) is 17.8 Å². The van der Waals surface area contributed by atoms with Crippen LogP contribution in [0.5, 0.6) is 0 Å². The van der Waals surface area contributed by atoms with Gasteiger partial charge in [-0.05, 0) is 24.4 Å². The first-order valence-electron chi connectivity index (χ1n) is 6.22. The first kappa shape index (κ1) is 13.3. The van der Waals surface area contributed by atoms with Gasteiger partial charge in [0.2, 0.25) is 0 Å². The van der Waals surface area contributed by atoms with E-state index >= 15 is 0 Å². The van der Waals surface area contributed by atoms with Gasteiger partial charge in [-0.25, -0.2) is 0 Å². The molecule has 1 N–H and O–H groups in total. The first-order chi connectivity index (χ1) is 8.81. The molecule has 0 saturated carbocycles. The lowest BCUT2D eigenvalue weighted by molar-refractivity contribution is 0.162. The van der Waals surface area contributed by atoms with E-state index < -0.39 is 0 Å². The molecule has 1 heterocycles. The normalized spacial score (nSPS) is 12.7. The van der Waals surface area contributed by atoms with E-state index in [1.54, 1.807) is 6.08 Å². The average molecular weight is 261 g/mol. The molecule has 2 rings (SSSR count). The van der Waals surface area contributed by atoms with Gasteiger partial charge in [0, 0.05) is 22.2 Å². The van der Waals surface area contributed by atoms with E-state index in [0.717, 1.165) is 13.2 Å². The van der Waals surface area contributed by atoms with E-state index in [1.165, 1.54) is 15.0 Å². The second-order valence-electron chi connectivity index (χ2n) is 4.23. The Hall–Kier alpha value is -1.16. The van der Waals surface area contributed by atoms with Crippen molar-refractivity contribution in [2.45, 2.75) is 13.0 Å². The van der Waals surface area contributed by atoms with Gasteiger partial charge in [-0.15, -0.1) is 17.9 Å². The van der Waals surface area contributed by atoms with E-state index in [0.29, 0.717) is 12.6 Å². The summed E-state index contributed by atoms with van der Waals surface area (Å²) >= 11 is 1.85. The van der Waals surface area contributed by atoms with Gasteiger partial charge in [0.1, 0.15) is 0 Å². The molecular weight excluding hydrogens is 242 g/mol. The molecule has 0 radical (unpaired) electrons. The minimum atomic E-state index is 0.370. The maximum Gasteiger partial charge on any atom is 0.0645 e. The third-order valence-corrected chi connectivity index (χ3v) is 4.10. The Bertz CT molecular complexity index is 473. The summed E-state index contributed by atoms with van der Waals surface area (Å²) in [5, 5.41) is 4.80. The zero-order chi connectivity index (χ0) is 12.8. The van der Waals surface area contributed by atoms with Crippen molar-refractivity contribution in [1.29, 1.82) is 0 Å². The summed E-state index contributed by atoms with van der Waals surface area (Å²) in [7, 11) is 0. The first-order valence-corrected chi connectivity index (χ1v) is 7.03. The number of thiophene rings is 1. The molecule has 2 aromatic rings. The molecule has 0 aliphatic rings. The maximum absolute atomic E-state index is 5.35. The fourth-order valence-electron chi connectivity index (χ4n) is 1.83. The van der Waals surface area contributed by atoms with Crippen molar-refractivity contribution in [2.75, 3.05) is 19.8 Å². The molecule has 1 aromatic heterocycles. The topological polar surface area (TPSA) is 21.3 Å². The summed E-state index contributed by atoms with van der Waals surface area (Å²) in [5.74, 6) is 0. The summed E-state index contributed by atoms with van der Waals surface area (Å²) in [6.07, 6.45) is 1.77. The van der Waals surface area contributed by atoms with E-state index in [4.69, 9.17) is 4.74 Å². The molecule has 18 heavy (non-hydrogen) atoms.